The summed E-state index contributed by atoms with van der Waals surface area (Å²) in [5.74, 6) is -0.388. The Morgan fingerprint density at radius 2 is 1.36 bits per heavy atom. The predicted octanol–water partition coefficient (Wildman–Crippen LogP) is 5.58. The Hall–Kier alpha value is -1.90. The molecule has 1 aromatic carbocycles. The number of carbonyl (C=O) groups excluding carboxylic acids is 2. The molecule has 0 unspecified atom stereocenters. The molecule has 3 nitrogen and oxygen atoms in total. The van der Waals surface area contributed by atoms with Crippen LogP contribution < -0.4 is 0 Å². The number of hydrogen-bond acceptors (Lipinski definition) is 2. The molecule has 0 fully saturated rings. The van der Waals surface area contributed by atoms with E-state index in [1.807, 2.05) is 0 Å². The second-order valence-corrected chi connectivity index (χ2v) is 11.6. The van der Waals surface area contributed by atoms with Crippen LogP contribution >= 0.6 is 0 Å². The number of rotatable bonds is 1. The van der Waals surface area contributed by atoms with E-state index in [4.69, 9.17) is 0 Å². The molecule has 0 saturated carbocycles. The molecule has 2 aliphatic rings. The lowest BCUT2D eigenvalue weighted by molar-refractivity contribution is -0.153. The van der Waals surface area contributed by atoms with Crippen LogP contribution in [-0.4, -0.2) is 16.7 Å². The van der Waals surface area contributed by atoms with Gasteiger partial charge in [0.05, 0.1) is 6.04 Å². The van der Waals surface area contributed by atoms with Crippen molar-refractivity contribution in [1.29, 1.82) is 0 Å². The van der Waals surface area contributed by atoms with Crippen molar-refractivity contribution in [2.75, 3.05) is 0 Å². The maximum atomic E-state index is 12.8. The van der Waals surface area contributed by atoms with Crippen LogP contribution in [0.2, 0.25) is 0 Å². The van der Waals surface area contributed by atoms with Gasteiger partial charge in [-0.25, -0.2) is 0 Å². The number of nitrogens with zero attached hydrogens (tertiary/aromatic N) is 1. The molecule has 0 saturated heterocycles. The average Bonchev–Trinajstić information content (AvgIpc) is 3.02. The Labute approximate surface area is 170 Å². The molecule has 1 aliphatic carbocycles. The average molecular weight is 382 g/mol. The van der Waals surface area contributed by atoms with Crippen molar-refractivity contribution in [3.8, 4) is 0 Å². The first-order valence-electron chi connectivity index (χ1n) is 10.3. The molecule has 0 spiro atoms. The SMILES string of the molecule is CC(C)(C)c1ccc2c(c1)CC(C(C)(C)C)(C(C)(C)C)[C@H]2N1C(=O)C=CC1=O. The number of amides is 2. The highest BCUT2D eigenvalue weighted by Crippen LogP contribution is 2.66. The predicted molar refractivity (Wildman–Crippen MR) is 114 cm³/mol. The lowest BCUT2D eigenvalue weighted by Crippen LogP contribution is -2.55. The summed E-state index contributed by atoms with van der Waals surface area (Å²) >= 11 is 0. The largest absolute Gasteiger partial charge is 0.269 e. The van der Waals surface area contributed by atoms with Gasteiger partial charge < -0.3 is 0 Å². The summed E-state index contributed by atoms with van der Waals surface area (Å²) in [4.78, 5) is 27.0. The first-order valence-corrected chi connectivity index (χ1v) is 10.3. The molecule has 28 heavy (non-hydrogen) atoms. The number of hydrogen-bond donors (Lipinski definition) is 0. The molecule has 0 aromatic heterocycles. The van der Waals surface area contributed by atoms with Crippen molar-refractivity contribution in [3.63, 3.8) is 0 Å². The van der Waals surface area contributed by atoms with E-state index in [0.29, 0.717) is 0 Å². The Morgan fingerprint density at radius 1 is 0.857 bits per heavy atom. The van der Waals surface area contributed by atoms with Gasteiger partial charge in [-0.3, -0.25) is 14.5 Å². The van der Waals surface area contributed by atoms with Gasteiger partial charge in [0.1, 0.15) is 0 Å². The van der Waals surface area contributed by atoms with Crippen LogP contribution in [-0.2, 0) is 21.4 Å². The molecule has 152 valence electrons. The third kappa shape index (κ3) is 2.86. The normalized spacial score (nSPS) is 22.2. The van der Waals surface area contributed by atoms with Gasteiger partial charge in [0.15, 0.2) is 0 Å². The van der Waals surface area contributed by atoms with Crippen LogP contribution in [0.25, 0.3) is 0 Å². The third-order valence-corrected chi connectivity index (χ3v) is 7.02. The molecule has 1 heterocycles. The molecule has 1 atom stereocenters. The van der Waals surface area contributed by atoms with E-state index in [1.165, 1.54) is 28.2 Å². The van der Waals surface area contributed by atoms with E-state index in [2.05, 4.69) is 80.5 Å². The number of benzene rings is 1. The number of carbonyl (C=O) groups is 2. The van der Waals surface area contributed by atoms with Crippen LogP contribution in [0.3, 0.4) is 0 Å². The second-order valence-electron chi connectivity index (χ2n) is 11.6. The van der Waals surface area contributed by atoms with E-state index in [0.717, 1.165) is 12.0 Å². The quantitative estimate of drug-likeness (QED) is 0.595. The van der Waals surface area contributed by atoms with Crippen molar-refractivity contribution < 1.29 is 9.59 Å². The van der Waals surface area contributed by atoms with Crippen LogP contribution in [0, 0.1) is 16.2 Å². The van der Waals surface area contributed by atoms with Gasteiger partial charge in [0.2, 0.25) is 0 Å². The highest BCUT2D eigenvalue weighted by atomic mass is 16.2. The molecular weight excluding hydrogens is 346 g/mol. The van der Waals surface area contributed by atoms with Crippen molar-refractivity contribution in [3.05, 3.63) is 47.0 Å². The summed E-state index contributed by atoms with van der Waals surface area (Å²) in [5, 5.41) is 0. The Kier molecular flexibility index (Phi) is 4.50. The van der Waals surface area contributed by atoms with E-state index >= 15 is 0 Å². The highest BCUT2D eigenvalue weighted by molar-refractivity contribution is 6.13. The van der Waals surface area contributed by atoms with E-state index in [-0.39, 0.29) is 39.5 Å². The van der Waals surface area contributed by atoms with E-state index in [9.17, 15) is 9.59 Å². The fraction of sp³-hybridized carbons (Fsp3) is 0.600. The molecule has 1 aromatic rings. The van der Waals surface area contributed by atoms with Crippen LogP contribution in [0.5, 0.6) is 0 Å². The summed E-state index contributed by atoms with van der Waals surface area (Å²) < 4.78 is 0. The standard InChI is InChI=1S/C25H35NO2/c1-22(2,3)17-10-11-18-16(14-17)15-25(23(4,5)6,24(7,8)9)21(18)26-19(27)12-13-20(26)28/h10-14,21H,15H2,1-9H3/t21-/m0/s1. The summed E-state index contributed by atoms with van der Waals surface area (Å²) in [6.07, 6.45) is 3.70. The number of imide groups is 1. The highest BCUT2D eigenvalue weighted by Gasteiger charge is 2.62. The van der Waals surface area contributed by atoms with E-state index < -0.39 is 0 Å². The molecule has 1 aliphatic heterocycles. The van der Waals surface area contributed by atoms with Gasteiger partial charge in [0, 0.05) is 17.6 Å². The van der Waals surface area contributed by atoms with Crippen molar-refractivity contribution in [1.82, 2.24) is 4.90 Å². The summed E-state index contributed by atoms with van der Waals surface area (Å²) in [5.41, 5.74) is 3.26. The monoisotopic (exact) mass is 381 g/mol. The zero-order valence-corrected chi connectivity index (χ0v) is 18.9. The first kappa shape index (κ1) is 20.8. The topological polar surface area (TPSA) is 37.4 Å². The van der Waals surface area contributed by atoms with Gasteiger partial charge in [0.25, 0.3) is 11.8 Å². The molecule has 0 bridgehead atoms. The molecule has 2 amide bonds. The molecular formula is C25H35NO2. The zero-order valence-electron chi connectivity index (χ0n) is 18.9. The summed E-state index contributed by atoms with van der Waals surface area (Å²) in [6, 6.07) is 6.39. The summed E-state index contributed by atoms with van der Waals surface area (Å²) in [7, 11) is 0. The molecule has 0 N–H and O–H groups in total. The van der Waals surface area contributed by atoms with Crippen LogP contribution in [0.1, 0.15) is 85.0 Å². The fourth-order valence-corrected chi connectivity index (χ4v) is 5.66. The van der Waals surface area contributed by atoms with Gasteiger partial charge >= 0.3 is 0 Å². The summed E-state index contributed by atoms with van der Waals surface area (Å²) in [6.45, 7) is 20.2. The molecule has 3 heteroatoms. The molecule has 0 radical (unpaired) electrons. The maximum absolute atomic E-state index is 12.8. The van der Waals surface area contributed by atoms with Crippen LogP contribution in [0.15, 0.2) is 30.4 Å². The zero-order chi connectivity index (χ0) is 21.3. The minimum Gasteiger partial charge on any atom is -0.269 e. The van der Waals surface area contributed by atoms with Gasteiger partial charge in [-0.05, 0) is 39.4 Å². The Balaban J connectivity index is 2.30. The lowest BCUT2D eigenvalue weighted by Gasteiger charge is -2.56. The van der Waals surface area contributed by atoms with Crippen molar-refractivity contribution in [2.45, 2.75) is 80.2 Å². The minimum atomic E-state index is -0.268. The fourth-order valence-electron chi connectivity index (χ4n) is 5.66. The first-order chi connectivity index (χ1) is 12.6. The van der Waals surface area contributed by atoms with Crippen molar-refractivity contribution in [2.24, 2.45) is 16.2 Å². The van der Waals surface area contributed by atoms with Crippen molar-refractivity contribution >= 4 is 11.8 Å². The van der Waals surface area contributed by atoms with Gasteiger partial charge in [-0.15, -0.1) is 0 Å². The number of fused-ring (bicyclic) bond motifs is 1. The smallest absolute Gasteiger partial charge is 0.254 e. The minimum absolute atomic E-state index is 0.0556. The maximum Gasteiger partial charge on any atom is 0.254 e. The van der Waals surface area contributed by atoms with E-state index in [1.54, 1.807) is 0 Å². The van der Waals surface area contributed by atoms with Gasteiger partial charge in [-0.1, -0.05) is 80.5 Å². The lowest BCUT2D eigenvalue weighted by atomic mass is 9.50. The second kappa shape index (κ2) is 6.05. The Bertz CT molecular complexity index is 824. The van der Waals surface area contributed by atoms with Crippen LogP contribution in [0.4, 0.5) is 0 Å². The third-order valence-electron chi connectivity index (χ3n) is 7.02. The Morgan fingerprint density at radius 3 is 1.79 bits per heavy atom. The molecule has 3 rings (SSSR count). The van der Waals surface area contributed by atoms with Gasteiger partial charge in [-0.2, -0.15) is 0 Å².